The molecule has 2 aromatic carbocycles. The summed E-state index contributed by atoms with van der Waals surface area (Å²) in [5, 5.41) is 20.7. The van der Waals surface area contributed by atoms with Gasteiger partial charge in [0.15, 0.2) is 11.4 Å². The first-order valence-corrected chi connectivity index (χ1v) is 12.2. The van der Waals surface area contributed by atoms with Gasteiger partial charge in [-0.05, 0) is 62.1 Å². The second-order valence-corrected chi connectivity index (χ2v) is 10.5. The van der Waals surface area contributed by atoms with E-state index in [-0.39, 0.29) is 24.1 Å². The number of fused-ring (bicyclic) bond motifs is 1. The number of ether oxygens (including phenoxy) is 2. The third-order valence-corrected chi connectivity index (χ3v) is 6.23. The van der Waals surface area contributed by atoms with Gasteiger partial charge in [0.25, 0.3) is 5.91 Å². The van der Waals surface area contributed by atoms with Crippen LogP contribution in [0.25, 0.3) is 0 Å². The SMILES string of the molecule is CCOc1cc2c(cc1C(=O)NC)C(=N)N(CC(=O)c1ccc(OC(C)(C)C(=O)O)c(C(C)(C)C)c1)C2. The van der Waals surface area contributed by atoms with Crippen LogP contribution >= 0.6 is 0 Å². The monoisotopic (exact) mass is 509 g/mol. The topological polar surface area (TPSA) is 129 Å². The van der Waals surface area contributed by atoms with Gasteiger partial charge in [0.2, 0.25) is 0 Å². The summed E-state index contributed by atoms with van der Waals surface area (Å²) in [6.45, 7) is 11.4. The van der Waals surface area contributed by atoms with Gasteiger partial charge >= 0.3 is 5.97 Å². The molecule has 37 heavy (non-hydrogen) atoms. The summed E-state index contributed by atoms with van der Waals surface area (Å²) in [6.07, 6.45) is 0. The molecule has 9 heteroatoms. The molecule has 0 aliphatic carbocycles. The molecule has 198 valence electrons. The number of hydrogen-bond acceptors (Lipinski definition) is 6. The largest absolute Gasteiger partial charge is 0.493 e. The Balaban J connectivity index is 1.88. The highest BCUT2D eigenvalue weighted by Crippen LogP contribution is 2.35. The predicted octanol–water partition coefficient (Wildman–Crippen LogP) is 4.01. The Morgan fingerprint density at radius 2 is 1.76 bits per heavy atom. The van der Waals surface area contributed by atoms with Crippen LogP contribution in [0.2, 0.25) is 0 Å². The number of rotatable bonds is 9. The molecule has 3 N–H and O–H groups in total. The van der Waals surface area contributed by atoms with Crippen LogP contribution < -0.4 is 14.8 Å². The van der Waals surface area contributed by atoms with Crippen LogP contribution in [0.4, 0.5) is 0 Å². The molecule has 0 saturated heterocycles. The van der Waals surface area contributed by atoms with Gasteiger partial charge in [-0.25, -0.2) is 4.79 Å². The summed E-state index contributed by atoms with van der Waals surface area (Å²) < 4.78 is 11.5. The maximum atomic E-state index is 13.3. The molecule has 0 spiro atoms. The van der Waals surface area contributed by atoms with Crippen molar-refractivity contribution in [3.05, 3.63) is 58.1 Å². The summed E-state index contributed by atoms with van der Waals surface area (Å²) in [7, 11) is 1.53. The van der Waals surface area contributed by atoms with E-state index in [2.05, 4.69) is 5.32 Å². The standard InChI is InChI=1S/C28H35N3O6/c1-8-36-23-12-17-14-31(24(29)18(17)13-19(23)25(33)30-7)15-21(32)16-9-10-22(20(11-16)27(2,3)4)37-28(5,6)26(34)35/h9-13,29H,8,14-15H2,1-7H3,(H,30,33)(H,34,35). The zero-order chi connectivity index (χ0) is 27.7. The minimum atomic E-state index is -1.43. The summed E-state index contributed by atoms with van der Waals surface area (Å²) >= 11 is 0. The van der Waals surface area contributed by atoms with E-state index in [1.807, 2.05) is 27.7 Å². The molecule has 0 radical (unpaired) electrons. The summed E-state index contributed by atoms with van der Waals surface area (Å²) in [6, 6.07) is 8.39. The first kappa shape index (κ1) is 27.7. The van der Waals surface area contributed by atoms with Crippen molar-refractivity contribution in [1.29, 1.82) is 5.41 Å². The highest BCUT2D eigenvalue weighted by molar-refractivity contribution is 6.07. The van der Waals surface area contributed by atoms with E-state index in [0.717, 1.165) is 5.56 Å². The number of carbonyl (C=O) groups is 3. The lowest BCUT2D eigenvalue weighted by Crippen LogP contribution is -2.38. The summed E-state index contributed by atoms with van der Waals surface area (Å²) in [4.78, 5) is 38.9. The Morgan fingerprint density at radius 1 is 1.08 bits per heavy atom. The number of amidine groups is 1. The number of aliphatic carboxylic acids is 1. The minimum Gasteiger partial charge on any atom is -0.493 e. The lowest BCUT2D eigenvalue weighted by Gasteiger charge is -2.28. The molecule has 0 atom stereocenters. The maximum Gasteiger partial charge on any atom is 0.347 e. The molecule has 0 bridgehead atoms. The van der Waals surface area contributed by atoms with Crippen molar-refractivity contribution in [2.24, 2.45) is 0 Å². The lowest BCUT2D eigenvalue weighted by atomic mass is 9.84. The Kier molecular flexibility index (Phi) is 7.67. The van der Waals surface area contributed by atoms with Crippen LogP contribution in [0.1, 0.15) is 78.9 Å². The van der Waals surface area contributed by atoms with Gasteiger partial charge in [-0.15, -0.1) is 0 Å². The van der Waals surface area contributed by atoms with Crippen molar-refractivity contribution < 1.29 is 29.0 Å². The third-order valence-electron chi connectivity index (χ3n) is 6.23. The van der Waals surface area contributed by atoms with Crippen molar-refractivity contribution in [2.45, 2.75) is 59.1 Å². The van der Waals surface area contributed by atoms with Crippen LogP contribution in [-0.2, 0) is 16.8 Å². The molecule has 1 amide bonds. The first-order valence-electron chi connectivity index (χ1n) is 12.2. The highest BCUT2D eigenvalue weighted by atomic mass is 16.5. The molecule has 1 aliphatic heterocycles. The number of carboxylic acid groups (broad SMARTS) is 1. The fourth-order valence-electron chi connectivity index (χ4n) is 4.11. The number of ketones is 1. The predicted molar refractivity (Wildman–Crippen MR) is 140 cm³/mol. The number of nitrogens with zero attached hydrogens (tertiary/aromatic N) is 1. The van der Waals surface area contributed by atoms with E-state index in [4.69, 9.17) is 14.9 Å². The van der Waals surface area contributed by atoms with E-state index < -0.39 is 17.0 Å². The molecule has 1 aliphatic rings. The van der Waals surface area contributed by atoms with Crippen molar-refractivity contribution in [3.8, 4) is 11.5 Å². The van der Waals surface area contributed by atoms with Gasteiger partial charge in [-0.3, -0.25) is 15.0 Å². The van der Waals surface area contributed by atoms with Gasteiger partial charge in [0, 0.05) is 30.3 Å². The Hall–Kier alpha value is -3.88. The average Bonchev–Trinajstić information content (AvgIpc) is 3.11. The average molecular weight is 510 g/mol. The van der Waals surface area contributed by atoms with Crippen LogP contribution in [0.15, 0.2) is 30.3 Å². The van der Waals surface area contributed by atoms with E-state index in [9.17, 15) is 19.5 Å². The van der Waals surface area contributed by atoms with E-state index in [1.54, 1.807) is 35.2 Å². The van der Waals surface area contributed by atoms with Crippen LogP contribution in [0, 0.1) is 5.41 Å². The molecule has 9 nitrogen and oxygen atoms in total. The van der Waals surface area contributed by atoms with Gasteiger partial charge in [0.1, 0.15) is 17.3 Å². The van der Waals surface area contributed by atoms with Gasteiger partial charge < -0.3 is 24.8 Å². The van der Waals surface area contributed by atoms with E-state index in [0.29, 0.717) is 46.9 Å². The first-order chi connectivity index (χ1) is 17.2. The number of hydrogen-bond donors (Lipinski definition) is 3. The summed E-state index contributed by atoms with van der Waals surface area (Å²) in [5.74, 6) is -0.581. The maximum absolute atomic E-state index is 13.3. The normalized spacial score (nSPS) is 13.3. The molecule has 0 fully saturated rings. The number of benzene rings is 2. The number of carboxylic acids is 1. The number of nitrogens with one attached hydrogen (secondary N) is 2. The van der Waals surface area contributed by atoms with Crippen LogP contribution in [0.3, 0.4) is 0 Å². The molecule has 2 aromatic rings. The molecular formula is C28H35N3O6. The minimum absolute atomic E-state index is 0.0306. The smallest absolute Gasteiger partial charge is 0.347 e. The number of amides is 1. The summed E-state index contributed by atoms with van der Waals surface area (Å²) in [5.41, 5.74) is 1.04. The molecule has 3 rings (SSSR count). The Morgan fingerprint density at radius 3 is 2.32 bits per heavy atom. The van der Waals surface area contributed by atoms with Crippen molar-refractivity contribution in [3.63, 3.8) is 0 Å². The molecule has 0 aromatic heterocycles. The fourth-order valence-corrected chi connectivity index (χ4v) is 4.11. The Labute approximate surface area is 217 Å². The molecule has 0 unspecified atom stereocenters. The second kappa shape index (κ2) is 10.2. The highest BCUT2D eigenvalue weighted by Gasteiger charge is 2.33. The van der Waals surface area contributed by atoms with E-state index >= 15 is 0 Å². The van der Waals surface area contributed by atoms with Gasteiger partial charge in [-0.2, -0.15) is 0 Å². The Bertz CT molecular complexity index is 1260. The zero-order valence-electron chi connectivity index (χ0n) is 22.4. The number of carbonyl (C=O) groups excluding carboxylic acids is 2. The second-order valence-electron chi connectivity index (χ2n) is 10.5. The van der Waals surface area contributed by atoms with E-state index in [1.165, 1.54) is 20.9 Å². The molecular weight excluding hydrogens is 474 g/mol. The van der Waals surface area contributed by atoms with Crippen molar-refractivity contribution in [2.75, 3.05) is 20.2 Å². The van der Waals surface area contributed by atoms with Gasteiger partial charge in [0.05, 0.1) is 18.7 Å². The fraction of sp³-hybridized carbons (Fsp3) is 0.429. The van der Waals surface area contributed by atoms with Crippen LogP contribution in [0.5, 0.6) is 11.5 Å². The zero-order valence-corrected chi connectivity index (χ0v) is 22.4. The number of Topliss-reactive ketones (excluding diaryl/α,β-unsaturated/α-hetero) is 1. The van der Waals surface area contributed by atoms with Crippen molar-refractivity contribution in [1.82, 2.24) is 10.2 Å². The van der Waals surface area contributed by atoms with Crippen molar-refractivity contribution >= 4 is 23.5 Å². The quantitative estimate of drug-likeness (QED) is 0.436. The lowest BCUT2D eigenvalue weighted by molar-refractivity contribution is -0.152. The molecule has 0 saturated carbocycles. The van der Waals surface area contributed by atoms with Gasteiger partial charge in [-0.1, -0.05) is 20.8 Å². The third kappa shape index (κ3) is 5.76. The molecule has 1 heterocycles. The van der Waals surface area contributed by atoms with Crippen LogP contribution in [-0.4, -0.2) is 59.3 Å².